The molecule has 0 saturated heterocycles. The van der Waals surface area contributed by atoms with E-state index in [0.29, 0.717) is 23.2 Å². The SMILES string of the molecule is CCOC(=O)CSCc1csc(N(C(C)=O)c2c(C)cc(C)cc2C)n1. The number of aromatic nitrogens is 1. The third-order valence-electron chi connectivity index (χ3n) is 3.68. The molecule has 140 valence electrons. The van der Waals surface area contributed by atoms with Crippen molar-refractivity contribution in [3.63, 3.8) is 0 Å². The highest BCUT2D eigenvalue weighted by atomic mass is 32.2. The molecule has 0 aliphatic carbocycles. The Balaban J connectivity index is 2.19. The molecule has 0 bridgehead atoms. The molecule has 1 amide bonds. The number of hydrogen-bond acceptors (Lipinski definition) is 6. The van der Waals surface area contributed by atoms with E-state index in [1.165, 1.54) is 28.7 Å². The maximum Gasteiger partial charge on any atom is 0.315 e. The number of hydrogen-bond donors (Lipinski definition) is 0. The number of esters is 1. The molecule has 0 spiro atoms. The molecule has 0 fully saturated rings. The highest BCUT2D eigenvalue weighted by Crippen LogP contribution is 2.35. The normalized spacial score (nSPS) is 10.7. The average Bonchev–Trinajstić information content (AvgIpc) is 2.98. The zero-order valence-corrected chi connectivity index (χ0v) is 17.4. The van der Waals surface area contributed by atoms with E-state index in [-0.39, 0.29) is 11.9 Å². The van der Waals surface area contributed by atoms with Gasteiger partial charge in [-0.1, -0.05) is 17.7 Å². The Hall–Kier alpha value is -1.86. The van der Waals surface area contributed by atoms with Crippen molar-refractivity contribution in [2.24, 2.45) is 0 Å². The van der Waals surface area contributed by atoms with Crippen LogP contribution in [0.1, 0.15) is 36.2 Å². The van der Waals surface area contributed by atoms with Crippen molar-refractivity contribution in [1.82, 2.24) is 4.98 Å². The summed E-state index contributed by atoms with van der Waals surface area (Å²) >= 11 is 2.89. The molecular formula is C19H24N2O3S2. The Morgan fingerprint density at radius 2 is 1.88 bits per heavy atom. The van der Waals surface area contributed by atoms with Gasteiger partial charge in [-0.05, 0) is 38.8 Å². The van der Waals surface area contributed by atoms with E-state index in [9.17, 15) is 9.59 Å². The molecule has 0 N–H and O–H groups in total. The third-order valence-corrected chi connectivity index (χ3v) is 5.49. The molecule has 1 aromatic heterocycles. The number of anilines is 2. The van der Waals surface area contributed by atoms with E-state index in [0.717, 1.165) is 22.5 Å². The third kappa shape index (κ3) is 5.08. The Morgan fingerprint density at radius 1 is 1.23 bits per heavy atom. The summed E-state index contributed by atoms with van der Waals surface area (Å²) in [5, 5.41) is 2.58. The number of nitrogens with zero attached hydrogens (tertiary/aromatic N) is 2. The van der Waals surface area contributed by atoms with E-state index >= 15 is 0 Å². The van der Waals surface area contributed by atoms with Crippen LogP contribution in [0.3, 0.4) is 0 Å². The van der Waals surface area contributed by atoms with Gasteiger partial charge in [0.25, 0.3) is 0 Å². The van der Waals surface area contributed by atoms with Gasteiger partial charge in [0.05, 0.1) is 23.7 Å². The number of rotatable bonds is 7. The van der Waals surface area contributed by atoms with Crippen LogP contribution in [-0.2, 0) is 20.1 Å². The lowest BCUT2D eigenvalue weighted by Crippen LogP contribution is -2.24. The predicted molar refractivity (Wildman–Crippen MR) is 108 cm³/mol. The maximum atomic E-state index is 12.3. The number of amides is 1. The lowest BCUT2D eigenvalue weighted by atomic mass is 10.0. The molecule has 1 aromatic carbocycles. The number of ether oxygens (including phenoxy) is 1. The minimum absolute atomic E-state index is 0.0693. The number of carbonyl (C=O) groups is 2. The summed E-state index contributed by atoms with van der Waals surface area (Å²) in [5.74, 6) is 0.615. The van der Waals surface area contributed by atoms with Gasteiger partial charge in [-0.25, -0.2) is 4.98 Å². The Labute approximate surface area is 162 Å². The van der Waals surface area contributed by atoms with Crippen LogP contribution < -0.4 is 4.90 Å². The van der Waals surface area contributed by atoms with Gasteiger partial charge in [-0.15, -0.1) is 23.1 Å². The number of thioether (sulfide) groups is 1. The van der Waals surface area contributed by atoms with Gasteiger partial charge in [0, 0.05) is 18.1 Å². The molecule has 0 aliphatic heterocycles. The number of aryl methyl sites for hydroxylation is 3. The lowest BCUT2D eigenvalue weighted by molar-refractivity contribution is -0.139. The molecule has 2 rings (SSSR count). The summed E-state index contributed by atoms with van der Waals surface area (Å²) in [6.45, 7) is 9.80. The fourth-order valence-corrected chi connectivity index (χ4v) is 4.51. The van der Waals surface area contributed by atoms with Gasteiger partial charge in [0.1, 0.15) is 0 Å². The van der Waals surface area contributed by atoms with Crippen molar-refractivity contribution in [3.05, 3.63) is 39.9 Å². The molecule has 0 saturated carbocycles. The molecule has 7 heteroatoms. The van der Waals surface area contributed by atoms with Crippen molar-refractivity contribution < 1.29 is 14.3 Å². The minimum Gasteiger partial charge on any atom is -0.465 e. The summed E-state index contributed by atoms with van der Waals surface area (Å²) in [6, 6.07) is 4.14. The summed E-state index contributed by atoms with van der Waals surface area (Å²) in [6.07, 6.45) is 0. The first-order valence-electron chi connectivity index (χ1n) is 8.39. The van der Waals surface area contributed by atoms with E-state index in [1.807, 2.05) is 26.2 Å². The van der Waals surface area contributed by atoms with Crippen LogP contribution in [0.5, 0.6) is 0 Å². The molecule has 5 nitrogen and oxygen atoms in total. The molecule has 0 atom stereocenters. The standard InChI is InChI=1S/C19H24N2O3S2/c1-6-24-17(23)11-25-9-16-10-26-19(20-16)21(15(5)22)18-13(3)7-12(2)8-14(18)4/h7-8,10H,6,9,11H2,1-5H3. The Kier molecular flexibility index (Phi) is 7.23. The zero-order chi connectivity index (χ0) is 19.3. The first-order valence-corrected chi connectivity index (χ1v) is 10.4. The summed E-state index contributed by atoms with van der Waals surface area (Å²) < 4.78 is 4.92. The van der Waals surface area contributed by atoms with E-state index < -0.39 is 0 Å². The van der Waals surface area contributed by atoms with Gasteiger partial charge in [-0.3, -0.25) is 14.5 Å². The maximum absolute atomic E-state index is 12.3. The Morgan fingerprint density at radius 3 is 2.46 bits per heavy atom. The van der Waals surface area contributed by atoms with Crippen LogP contribution in [0.15, 0.2) is 17.5 Å². The second-order valence-electron chi connectivity index (χ2n) is 6.02. The van der Waals surface area contributed by atoms with Crippen molar-refractivity contribution in [3.8, 4) is 0 Å². The second kappa shape index (κ2) is 9.19. The van der Waals surface area contributed by atoms with Gasteiger partial charge in [0.15, 0.2) is 5.13 Å². The van der Waals surface area contributed by atoms with Crippen molar-refractivity contribution in [2.45, 2.75) is 40.4 Å². The first kappa shape index (κ1) is 20.5. The van der Waals surface area contributed by atoms with Gasteiger partial charge in [-0.2, -0.15) is 0 Å². The van der Waals surface area contributed by atoms with E-state index in [4.69, 9.17) is 4.74 Å². The molecule has 2 aromatic rings. The number of thiazole rings is 1. The topological polar surface area (TPSA) is 59.5 Å². The number of benzene rings is 1. The molecule has 1 heterocycles. The Bertz CT molecular complexity index is 779. The lowest BCUT2D eigenvalue weighted by Gasteiger charge is -2.23. The van der Waals surface area contributed by atoms with Crippen molar-refractivity contribution >= 4 is 45.8 Å². The molecule has 0 aliphatic rings. The summed E-state index contributed by atoms with van der Waals surface area (Å²) in [7, 11) is 0. The van der Waals surface area contributed by atoms with Crippen LogP contribution in [0.4, 0.5) is 10.8 Å². The summed E-state index contributed by atoms with van der Waals surface area (Å²) in [4.78, 5) is 30.0. The van der Waals surface area contributed by atoms with Crippen LogP contribution in [0.25, 0.3) is 0 Å². The van der Waals surface area contributed by atoms with Crippen molar-refractivity contribution in [2.75, 3.05) is 17.3 Å². The van der Waals surface area contributed by atoms with E-state index in [1.54, 1.807) is 18.7 Å². The monoisotopic (exact) mass is 392 g/mol. The fraction of sp³-hybridized carbons (Fsp3) is 0.421. The minimum atomic E-state index is -0.218. The predicted octanol–water partition coefficient (Wildman–Crippen LogP) is 4.55. The van der Waals surface area contributed by atoms with Crippen LogP contribution in [-0.4, -0.2) is 29.2 Å². The van der Waals surface area contributed by atoms with Crippen molar-refractivity contribution in [1.29, 1.82) is 0 Å². The zero-order valence-electron chi connectivity index (χ0n) is 15.8. The first-order chi connectivity index (χ1) is 12.3. The van der Waals surface area contributed by atoms with Crippen LogP contribution in [0, 0.1) is 20.8 Å². The molecule has 0 unspecified atom stereocenters. The largest absolute Gasteiger partial charge is 0.465 e. The highest BCUT2D eigenvalue weighted by Gasteiger charge is 2.21. The van der Waals surface area contributed by atoms with E-state index in [2.05, 4.69) is 17.1 Å². The number of carbonyl (C=O) groups excluding carboxylic acids is 2. The smallest absolute Gasteiger partial charge is 0.315 e. The molecular weight excluding hydrogens is 368 g/mol. The highest BCUT2D eigenvalue weighted by molar-refractivity contribution is 7.99. The quantitative estimate of drug-likeness (QED) is 0.647. The summed E-state index contributed by atoms with van der Waals surface area (Å²) in [5.41, 5.74) is 5.01. The molecule has 26 heavy (non-hydrogen) atoms. The van der Waals surface area contributed by atoms with Gasteiger partial charge < -0.3 is 4.74 Å². The van der Waals surface area contributed by atoms with Gasteiger partial charge in [0.2, 0.25) is 5.91 Å². The second-order valence-corrected chi connectivity index (χ2v) is 7.84. The molecule has 0 radical (unpaired) electrons. The van der Waals surface area contributed by atoms with Crippen LogP contribution in [0.2, 0.25) is 0 Å². The fourth-order valence-electron chi connectivity index (χ4n) is 2.82. The average molecular weight is 393 g/mol. The van der Waals surface area contributed by atoms with Crippen LogP contribution >= 0.6 is 23.1 Å². The van der Waals surface area contributed by atoms with Gasteiger partial charge >= 0.3 is 5.97 Å².